The van der Waals surface area contributed by atoms with Crippen molar-refractivity contribution in [3.05, 3.63) is 17.7 Å². The molecule has 0 heterocycles. The number of aliphatic imine (C=N–C) groups is 1. The molecular formula is C18H29N3O4. The molecule has 1 aromatic carbocycles. The lowest BCUT2D eigenvalue weighted by Gasteiger charge is -2.17. The van der Waals surface area contributed by atoms with Gasteiger partial charge in [-0.15, -0.1) is 0 Å². The molecule has 1 aromatic rings. The summed E-state index contributed by atoms with van der Waals surface area (Å²) in [6.45, 7) is 4.21. The number of ether oxygens (including phenoxy) is 3. The minimum absolute atomic E-state index is 0.0305. The highest BCUT2D eigenvalue weighted by Gasteiger charge is 2.41. The molecule has 0 atom stereocenters. The third kappa shape index (κ3) is 4.92. The molecule has 7 heteroatoms. The summed E-state index contributed by atoms with van der Waals surface area (Å²) < 4.78 is 16.1. The van der Waals surface area contributed by atoms with E-state index in [9.17, 15) is 5.11 Å². The van der Waals surface area contributed by atoms with Crippen molar-refractivity contribution >= 4 is 5.96 Å². The number of hydrogen-bond donors (Lipinski definition) is 3. The largest absolute Gasteiger partial charge is 0.493 e. The van der Waals surface area contributed by atoms with Gasteiger partial charge in [0.05, 0.1) is 34.5 Å². The Hall–Kier alpha value is -2.15. The van der Waals surface area contributed by atoms with Crippen LogP contribution in [0.3, 0.4) is 0 Å². The Kier molecular flexibility index (Phi) is 6.75. The van der Waals surface area contributed by atoms with Gasteiger partial charge in [0.2, 0.25) is 5.75 Å². The molecule has 1 saturated carbocycles. The fraction of sp³-hybridized carbons (Fsp3) is 0.611. The lowest BCUT2D eigenvalue weighted by molar-refractivity contribution is 0.212. The average Bonchev–Trinajstić information content (AvgIpc) is 3.43. The van der Waals surface area contributed by atoms with Crippen molar-refractivity contribution in [2.45, 2.75) is 26.3 Å². The second-order valence-corrected chi connectivity index (χ2v) is 6.24. The molecule has 0 spiro atoms. The quantitative estimate of drug-likeness (QED) is 0.462. The predicted octanol–water partition coefficient (Wildman–Crippen LogP) is 1.54. The highest BCUT2D eigenvalue weighted by atomic mass is 16.5. The first-order valence-corrected chi connectivity index (χ1v) is 8.53. The second-order valence-electron chi connectivity index (χ2n) is 6.24. The Labute approximate surface area is 149 Å². The van der Waals surface area contributed by atoms with Crippen LogP contribution in [0.5, 0.6) is 17.2 Å². The van der Waals surface area contributed by atoms with Crippen LogP contribution in [0.4, 0.5) is 0 Å². The van der Waals surface area contributed by atoms with Crippen molar-refractivity contribution in [2.24, 2.45) is 10.4 Å². The van der Waals surface area contributed by atoms with Gasteiger partial charge in [0, 0.05) is 18.5 Å². The number of nitrogens with one attached hydrogen (secondary N) is 2. The summed E-state index contributed by atoms with van der Waals surface area (Å²) in [7, 11) is 4.78. The van der Waals surface area contributed by atoms with Crippen molar-refractivity contribution in [1.82, 2.24) is 10.6 Å². The zero-order chi connectivity index (χ0) is 18.3. The Morgan fingerprint density at radius 3 is 2.20 bits per heavy atom. The molecule has 7 nitrogen and oxygen atoms in total. The van der Waals surface area contributed by atoms with Crippen molar-refractivity contribution < 1.29 is 19.3 Å². The molecule has 0 saturated heterocycles. The lowest BCUT2D eigenvalue weighted by Crippen LogP contribution is -2.41. The van der Waals surface area contributed by atoms with Gasteiger partial charge in [0.25, 0.3) is 0 Å². The van der Waals surface area contributed by atoms with E-state index in [2.05, 4.69) is 15.6 Å². The molecule has 0 amide bonds. The summed E-state index contributed by atoms with van der Waals surface area (Å²) >= 11 is 0. The van der Waals surface area contributed by atoms with Crippen molar-refractivity contribution in [3.63, 3.8) is 0 Å². The first-order valence-electron chi connectivity index (χ1n) is 8.53. The summed E-state index contributed by atoms with van der Waals surface area (Å²) in [5.41, 5.74) is 0.984. The first-order chi connectivity index (χ1) is 12.1. The SMILES string of the molecule is CCNC(=NCc1cc(OC)c(OC)c(OC)c1)NCC1(CO)CC1. The van der Waals surface area contributed by atoms with Crippen molar-refractivity contribution in [1.29, 1.82) is 0 Å². The number of benzene rings is 1. The predicted molar refractivity (Wildman–Crippen MR) is 97.7 cm³/mol. The lowest BCUT2D eigenvalue weighted by atomic mass is 10.1. The van der Waals surface area contributed by atoms with E-state index < -0.39 is 0 Å². The van der Waals surface area contributed by atoms with Gasteiger partial charge >= 0.3 is 0 Å². The Bertz CT molecular complexity index is 575. The van der Waals surface area contributed by atoms with Crippen molar-refractivity contribution in [3.8, 4) is 17.2 Å². The van der Waals surface area contributed by atoms with E-state index in [1.165, 1.54) is 0 Å². The van der Waals surface area contributed by atoms with Crippen LogP contribution < -0.4 is 24.8 Å². The van der Waals surface area contributed by atoms with Crippen LogP contribution in [0.2, 0.25) is 0 Å². The molecule has 2 rings (SSSR count). The average molecular weight is 351 g/mol. The van der Waals surface area contributed by atoms with E-state index in [0.717, 1.165) is 37.5 Å². The van der Waals surface area contributed by atoms with E-state index in [-0.39, 0.29) is 12.0 Å². The summed E-state index contributed by atoms with van der Waals surface area (Å²) in [5.74, 6) is 2.53. The number of methoxy groups -OCH3 is 3. The topological polar surface area (TPSA) is 84.3 Å². The summed E-state index contributed by atoms with van der Waals surface area (Å²) in [4.78, 5) is 4.62. The zero-order valence-corrected chi connectivity index (χ0v) is 15.5. The molecule has 140 valence electrons. The number of nitrogens with zero attached hydrogens (tertiary/aromatic N) is 1. The smallest absolute Gasteiger partial charge is 0.203 e. The maximum atomic E-state index is 9.43. The molecule has 0 unspecified atom stereocenters. The molecule has 1 fully saturated rings. The molecule has 0 aromatic heterocycles. The fourth-order valence-corrected chi connectivity index (χ4v) is 2.58. The van der Waals surface area contributed by atoms with E-state index in [4.69, 9.17) is 14.2 Å². The number of rotatable bonds is 9. The molecule has 0 aliphatic heterocycles. The van der Waals surface area contributed by atoms with Crippen LogP contribution in [0.1, 0.15) is 25.3 Å². The summed E-state index contributed by atoms with van der Waals surface area (Å²) in [5, 5.41) is 16.0. The highest BCUT2D eigenvalue weighted by molar-refractivity contribution is 5.79. The second kappa shape index (κ2) is 8.80. The highest BCUT2D eigenvalue weighted by Crippen LogP contribution is 2.44. The van der Waals surface area contributed by atoms with Crippen LogP contribution in [-0.2, 0) is 6.54 Å². The molecule has 0 bridgehead atoms. The van der Waals surface area contributed by atoms with Gasteiger partial charge in [-0.05, 0) is 37.5 Å². The zero-order valence-electron chi connectivity index (χ0n) is 15.5. The monoisotopic (exact) mass is 351 g/mol. The van der Waals surface area contributed by atoms with Crippen LogP contribution in [-0.4, -0.2) is 52.1 Å². The maximum Gasteiger partial charge on any atom is 0.203 e. The summed E-state index contributed by atoms with van der Waals surface area (Å²) in [6, 6.07) is 3.79. The molecule has 1 aliphatic rings. The van der Waals surface area contributed by atoms with E-state index in [1.807, 2.05) is 19.1 Å². The number of aliphatic hydroxyl groups is 1. The van der Waals surface area contributed by atoms with Crippen molar-refractivity contribution in [2.75, 3.05) is 41.0 Å². The molecule has 25 heavy (non-hydrogen) atoms. The van der Waals surface area contributed by atoms with Gasteiger partial charge in [0.1, 0.15) is 0 Å². The Morgan fingerprint density at radius 2 is 1.76 bits per heavy atom. The van der Waals surface area contributed by atoms with Gasteiger partial charge in [-0.2, -0.15) is 0 Å². The minimum atomic E-state index is 0.0305. The van der Waals surface area contributed by atoms with Gasteiger partial charge < -0.3 is 30.0 Å². The first kappa shape index (κ1) is 19.2. The Morgan fingerprint density at radius 1 is 1.12 bits per heavy atom. The molecule has 1 aliphatic carbocycles. The maximum absolute atomic E-state index is 9.43. The normalized spacial score (nSPS) is 15.5. The molecule has 3 N–H and O–H groups in total. The standard InChI is InChI=1S/C18H29N3O4/c1-5-19-17(21-11-18(12-22)6-7-18)20-10-13-8-14(23-2)16(25-4)15(9-13)24-3/h8-9,22H,5-7,10-12H2,1-4H3,(H2,19,20,21). The van der Waals surface area contributed by atoms with E-state index in [1.54, 1.807) is 21.3 Å². The van der Waals surface area contributed by atoms with Crippen LogP contribution in [0, 0.1) is 5.41 Å². The van der Waals surface area contributed by atoms with Gasteiger partial charge in [-0.25, -0.2) is 4.99 Å². The van der Waals surface area contributed by atoms with Crippen LogP contribution in [0.25, 0.3) is 0 Å². The van der Waals surface area contributed by atoms with Gasteiger partial charge in [-0.3, -0.25) is 0 Å². The summed E-state index contributed by atoms with van der Waals surface area (Å²) in [6.07, 6.45) is 2.12. The minimum Gasteiger partial charge on any atom is -0.493 e. The molecular weight excluding hydrogens is 322 g/mol. The van der Waals surface area contributed by atoms with Gasteiger partial charge in [0.15, 0.2) is 17.5 Å². The molecule has 0 radical (unpaired) electrons. The van der Waals surface area contributed by atoms with E-state index in [0.29, 0.717) is 23.8 Å². The third-order valence-corrected chi connectivity index (χ3v) is 4.41. The number of aliphatic hydroxyl groups excluding tert-OH is 1. The van der Waals surface area contributed by atoms with E-state index >= 15 is 0 Å². The number of hydrogen-bond acceptors (Lipinski definition) is 5. The van der Waals surface area contributed by atoms with Crippen LogP contribution in [0.15, 0.2) is 17.1 Å². The fourth-order valence-electron chi connectivity index (χ4n) is 2.58. The van der Waals surface area contributed by atoms with Crippen LogP contribution >= 0.6 is 0 Å². The Balaban J connectivity index is 2.10. The van der Waals surface area contributed by atoms with Gasteiger partial charge in [-0.1, -0.05) is 0 Å². The number of guanidine groups is 1. The third-order valence-electron chi connectivity index (χ3n) is 4.41.